The molecule has 2 heterocycles. The lowest BCUT2D eigenvalue weighted by molar-refractivity contribution is 1.18. The summed E-state index contributed by atoms with van der Waals surface area (Å²) in [4.78, 5) is 2.60. The number of para-hydroxylation sites is 2. The number of aromatic nitrogens is 1. The molecule has 0 aliphatic heterocycles. The predicted molar refractivity (Wildman–Crippen MR) is 130 cm³/mol. The zero-order valence-corrected chi connectivity index (χ0v) is 17.1. The first-order valence-electron chi connectivity index (χ1n) is 10.1. The normalized spacial score (nSPS) is 11.3. The van der Waals surface area contributed by atoms with Crippen molar-refractivity contribution in [2.45, 2.75) is 0 Å². The van der Waals surface area contributed by atoms with Gasteiger partial charge in [-0.3, -0.25) is 0 Å². The molecule has 2 aromatic heterocycles. The van der Waals surface area contributed by atoms with Gasteiger partial charge in [-0.25, -0.2) is 0 Å². The van der Waals surface area contributed by atoms with Crippen LogP contribution in [0.1, 0.15) is 0 Å². The SMILES string of the molecule is c1ccc(-c2ccc(-c3ccc4c(c3)c3ccccc3n4-c3ccccc3)s2)cc1. The molecule has 6 aromatic rings. The van der Waals surface area contributed by atoms with Gasteiger partial charge in [0.25, 0.3) is 0 Å². The second-order valence-corrected chi connectivity index (χ2v) is 8.53. The Hall–Kier alpha value is -3.62. The van der Waals surface area contributed by atoms with Crippen LogP contribution in [0.25, 0.3) is 48.4 Å². The van der Waals surface area contributed by atoms with E-state index < -0.39 is 0 Å². The molecule has 0 radical (unpaired) electrons. The van der Waals surface area contributed by atoms with Crippen LogP contribution in [0.5, 0.6) is 0 Å². The molecule has 0 unspecified atom stereocenters. The maximum atomic E-state index is 2.36. The van der Waals surface area contributed by atoms with Gasteiger partial charge < -0.3 is 4.57 Å². The van der Waals surface area contributed by atoms with E-state index in [1.165, 1.54) is 48.4 Å². The molecular formula is C28H19NS. The van der Waals surface area contributed by atoms with Crippen molar-refractivity contribution in [3.63, 3.8) is 0 Å². The van der Waals surface area contributed by atoms with Crippen LogP contribution in [-0.2, 0) is 0 Å². The van der Waals surface area contributed by atoms with E-state index >= 15 is 0 Å². The van der Waals surface area contributed by atoms with Crippen molar-refractivity contribution in [2.24, 2.45) is 0 Å². The van der Waals surface area contributed by atoms with Crippen molar-refractivity contribution in [3.05, 3.63) is 115 Å². The van der Waals surface area contributed by atoms with Crippen molar-refractivity contribution < 1.29 is 0 Å². The number of hydrogen-bond donors (Lipinski definition) is 0. The highest BCUT2D eigenvalue weighted by Gasteiger charge is 2.13. The first-order valence-corrected chi connectivity index (χ1v) is 10.9. The van der Waals surface area contributed by atoms with E-state index in [4.69, 9.17) is 0 Å². The molecular weight excluding hydrogens is 382 g/mol. The van der Waals surface area contributed by atoms with Gasteiger partial charge in [0.15, 0.2) is 0 Å². The summed E-state index contributed by atoms with van der Waals surface area (Å²) >= 11 is 1.85. The zero-order valence-electron chi connectivity index (χ0n) is 16.3. The molecule has 0 bridgehead atoms. The molecule has 0 fully saturated rings. The van der Waals surface area contributed by atoms with Gasteiger partial charge in [-0.05, 0) is 53.6 Å². The molecule has 1 nitrogen and oxygen atoms in total. The minimum atomic E-state index is 1.19. The Bertz CT molecular complexity index is 1470. The summed E-state index contributed by atoms with van der Waals surface area (Å²) in [5.74, 6) is 0. The summed E-state index contributed by atoms with van der Waals surface area (Å²) in [6, 6.07) is 41.2. The number of nitrogens with zero attached hydrogens (tertiary/aromatic N) is 1. The first kappa shape index (κ1) is 17.3. The van der Waals surface area contributed by atoms with Crippen LogP contribution in [0.15, 0.2) is 115 Å². The van der Waals surface area contributed by atoms with Crippen LogP contribution in [0, 0.1) is 0 Å². The standard InChI is InChI=1S/C28H19NS/c1-3-9-20(10-4-1)27-17-18-28(30-27)21-15-16-26-24(19-21)23-13-7-8-14-25(23)29(26)22-11-5-2-6-12-22/h1-19H. The van der Waals surface area contributed by atoms with Gasteiger partial charge in [-0.1, -0.05) is 72.8 Å². The Labute approximate surface area is 179 Å². The molecule has 2 heteroatoms. The topological polar surface area (TPSA) is 4.93 Å². The molecule has 0 atom stereocenters. The number of thiophene rings is 1. The maximum Gasteiger partial charge on any atom is 0.0541 e. The summed E-state index contributed by atoms with van der Waals surface area (Å²) < 4.78 is 2.36. The third-order valence-electron chi connectivity index (χ3n) is 5.64. The third-order valence-corrected chi connectivity index (χ3v) is 6.82. The third kappa shape index (κ3) is 2.77. The van der Waals surface area contributed by atoms with Gasteiger partial charge in [0.05, 0.1) is 11.0 Å². The van der Waals surface area contributed by atoms with Crippen LogP contribution < -0.4 is 0 Å². The quantitative estimate of drug-likeness (QED) is 0.282. The number of rotatable bonds is 3. The van der Waals surface area contributed by atoms with E-state index in [1.807, 2.05) is 11.3 Å². The lowest BCUT2D eigenvalue weighted by Crippen LogP contribution is -1.92. The van der Waals surface area contributed by atoms with Gasteiger partial charge in [-0.2, -0.15) is 0 Å². The van der Waals surface area contributed by atoms with E-state index in [9.17, 15) is 0 Å². The number of hydrogen-bond acceptors (Lipinski definition) is 1. The fourth-order valence-electron chi connectivity index (χ4n) is 4.23. The average Bonchev–Trinajstić information content (AvgIpc) is 3.43. The van der Waals surface area contributed by atoms with Crippen LogP contribution in [0.4, 0.5) is 0 Å². The molecule has 0 saturated heterocycles. The molecule has 0 spiro atoms. The van der Waals surface area contributed by atoms with Gasteiger partial charge >= 0.3 is 0 Å². The minimum Gasteiger partial charge on any atom is -0.309 e. The highest BCUT2D eigenvalue weighted by atomic mass is 32.1. The Morgan fingerprint density at radius 3 is 1.90 bits per heavy atom. The largest absolute Gasteiger partial charge is 0.309 e. The Morgan fingerprint density at radius 1 is 0.467 bits per heavy atom. The van der Waals surface area contributed by atoms with E-state index in [-0.39, 0.29) is 0 Å². The number of benzene rings is 4. The van der Waals surface area contributed by atoms with Crippen molar-refractivity contribution in [1.29, 1.82) is 0 Å². The molecule has 6 rings (SSSR count). The first-order chi connectivity index (χ1) is 14.9. The van der Waals surface area contributed by atoms with E-state index in [2.05, 4.69) is 120 Å². The van der Waals surface area contributed by atoms with Crippen LogP contribution in [0.2, 0.25) is 0 Å². The van der Waals surface area contributed by atoms with Crippen LogP contribution >= 0.6 is 11.3 Å². The van der Waals surface area contributed by atoms with E-state index in [0.29, 0.717) is 0 Å². The second-order valence-electron chi connectivity index (χ2n) is 7.45. The lowest BCUT2D eigenvalue weighted by Gasteiger charge is -2.07. The van der Waals surface area contributed by atoms with Gasteiger partial charge in [0.2, 0.25) is 0 Å². The summed E-state index contributed by atoms with van der Waals surface area (Å²) in [5, 5.41) is 2.58. The maximum absolute atomic E-state index is 2.36. The predicted octanol–water partition coefficient (Wildman–Crippen LogP) is 8.18. The van der Waals surface area contributed by atoms with Gasteiger partial charge in [0.1, 0.15) is 0 Å². The number of fused-ring (bicyclic) bond motifs is 3. The molecule has 0 aliphatic rings. The molecule has 30 heavy (non-hydrogen) atoms. The van der Waals surface area contributed by atoms with Crippen molar-refractivity contribution >= 4 is 33.1 Å². The fourth-order valence-corrected chi connectivity index (χ4v) is 5.24. The van der Waals surface area contributed by atoms with E-state index in [0.717, 1.165) is 0 Å². The van der Waals surface area contributed by atoms with Crippen LogP contribution in [-0.4, -0.2) is 4.57 Å². The highest BCUT2D eigenvalue weighted by molar-refractivity contribution is 7.18. The lowest BCUT2D eigenvalue weighted by atomic mass is 10.1. The summed E-state index contributed by atoms with van der Waals surface area (Å²) in [6.07, 6.45) is 0. The monoisotopic (exact) mass is 401 g/mol. The Morgan fingerprint density at radius 2 is 1.10 bits per heavy atom. The average molecular weight is 402 g/mol. The highest BCUT2D eigenvalue weighted by Crippen LogP contribution is 2.38. The summed E-state index contributed by atoms with van der Waals surface area (Å²) in [7, 11) is 0. The Kier molecular flexibility index (Phi) is 4.03. The van der Waals surface area contributed by atoms with Crippen molar-refractivity contribution in [2.75, 3.05) is 0 Å². The molecule has 4 aromatic carbocycles. The fraction of sp³-hybridized carbons (Fsp3) is 0. The molecule has 0 aliphatic carbocycles. The molecule has 0 amide bonds. The molecule has 0 saturated carbocycles. The Balaban J connectivity index is 1.54. The molecule has 0 N–H and O–H groups in total. The molecule has 142 valence electrons. The van der Waals surface area contributed by atoms with Gasteiger partial charge in [-0.15, -0.1) is 11.3 Å². The van der Waals surface area contributed by atoms with E-state index in [1.54, 1.807) is 0 Å². The smallest absolute Gasteiger partial charge is 0.0541 e. The summed E-state index contributed by atoms with van der Waals surface area (Å²) in [6.45, 7) is 0. The van der Waals surface area contributed by atoms with Crippen molar-refractivity contribution in [3.8, 4) is 26.6 Å². The second kappa shape index (κ2) is 7.01. The zero-order chi connectivity index (χ0) is 19.9. The van der Waals surface area contributed by atoms with Crippen LogP contribution in [0.3, 0.4) is 0 Å². The van der Waals surface area contributed by atoms with Gasteiger partial charge in [0, 0.05) is 26.2 Å². The summed E-state index contributed by atoms with van der Waals surface area (Å²) in [5.41, 5.74) is 6.22. The minimum absolute atomic E-state index is 1.19. The van der Waals surface area contributed by atoms with Crippen molar-refractivity contribution in [1.82, 2.24) is 4.57 Å².